The van der Waals surface area contributed by atoms with Crippen molar-refractivity contribution in [3.05, 3.63) is 0 Å². The predicted octanol–water partition coefficient (Wildman–Crippen LogP) is 1.08. The lowest BCUT2D eigenvalue weighted by atomic mass is 10.1. The third kappa shape index (κ3) is 7.89. The number of nitrogens with one attached hydrogen (secondary N) is 2. The number of sulfonamides is 1. The van der Waals surface area contributed by atoms with Crippen molar-refractivity contribution in [3.63, 3.8) is 0 Å². The third-order valence-electron chi connectivity index (χ3n) is 2.02. The molecular formula is C11H23ClN2O3S. The van der Waals surface area contributed by atoms with Crippen LogP contribution in [0, 0.1) is 5.92 Å². The van der Waals surface area contributed by atoms with Crippen molar-refractivity contribution in [2.45, 2.75) is 46.2 Å². The van der Waals surface area contributed by atoms with E-state index < -0.39 is 16.1 Å². The standard InChI is InChI=1S/C11H23ClN2O3S/c1-8(6-12)7-18(16,17)14-9(2)10(15)13-11(3,4)5/h8-9,14H,6-7H2,1-5H3,(H,13,15). The molecule has 0 aromatic heterocycles. The van der Waals surface area contributed by atoms with Gasteiger partial charge in [-0.1, -0.05) is 6.92 Å². The second-order valence-corrected chi connectivity index (χ2v) is 7.73. The van der Waals surface area contributed by atoms with E-state index in [9.17, 15) is 13.2 Å². The van der Waals surface area contributed by atoms with E-state index in [0.29, 0.717) is 0 Å². The molecule has 0 fully saturated rings. The van der Waals surface area contributed by atoms with Gasteiger partial charge in [0.05, 0.1) is 11.8 Å². The fourth-order valence-electron chi connectivity index (χ4n) is 1.27. The van der Waals surface area contributed by atoms with Gasteiger partial charge in [-0.05, 0) is 33.6 Å². The van der Waals surface area contributed by atoms with Crippen molar-refractivity contribution in [2.75, 3.05) is 11.6 Å². The fraction of sp³-hybridized carbons (Fsp3) is 0.909. The largest absolute Gasteiger partial charge is 0.350 e. The van der Waals surface area contributed by atoms with Crippen LogP contribution < -0.4 is 10.0 Å². The Morgan fingerprint density at radius 2 is 1.78 bits per heavy atom. The molecule has 0 aliphatic heterocycles. The Morgan fingerprint density at radius 1 is 1.28 bits per heavy atom. The van der Waals surface area contributed by atoms with E-state index in [1.807, 2.05) is 20.8 Å². The second-order valence-electron chi connectivity index (χ2n) is 5.62. The van der Waals surface area contributed by atoms with Crippen LogP contribution in [-0.4, -0.2) is 37.5 Å². The Morgan fingerprint density at radius 3 is 2.17 bits per heavy atom. The third-order valence-corrected chi connectivity index (χ3v) is 4.26. The molecule has 18 heavy (non-hydrogen) atoms. The zero-order valence-electron chi connectivity index (χ0n) is 11.6. The maximum absolute atomic E-state index is 11.7. The molecule has 7 heteroatoms. The summed E-state index contributed by atoms with van der Waals surface area (Å²) in [7, 11) is -3.49. The summed E-state index contributed by atoms with van der Waals surface area (Å²) in [5, 5.41) is 2.72. The first kappa shape index (κ1) is 17.7. The molecule has 0 aliphatic carbocycles. The SMILES string of the molecule is CC(CCl)CS(=O)(=O)NC(C)C(=O)NC(C)(C)C. The lowest BCUT2D eigenvalue weighted by molar-refractivity contribution is -0.123. The molecule has 0 aliphatic rings. The van der Waals surface area contributed by atoms with Gasteiger partial charge in [0.15, 0.2) is 0 Å². The monoisotopic (exact) mass is 298 g/mol. The molecule has 0 spiro atoms. The van der Waals surface area contributed by atoms with Crippen molar-refractivity contribution in [3.8, 4) is 0 Å². The van der Waals surface area contributed by atoms with Gasteiger partial charge >= 0.3 is 0 Å². The summed E-state index contributed by atoms with van der Waals surface area (Å²) < 4.78 is 25.8. The zero-order valence-corrected chi connectivity index (χ0v) is 13.2. The molecule has 0 aromatic rings. The van der Waals surface area contributed by atoms with E-state index >= 15 is 0 Å². The van der Waals surface area contributed by atoms with Crippen LogP contribution >= 0.6 is 11.6 Å². The van der Waals surface area contributed by atoms with Gasteiger partial charge in [-0.2, -0.15) is 0 Å². The number of rotatable bonds is 6. The molecule has 2 unspecified atom stereocenters. The Kier molecular flexibility index (Phi) is 6.60. The summed E-state index contributed by atoms with van der Waals surface area (Å²) >= 11 is 5.57. The number of halogens is 1. The van der Waals surface area contributed by atoms with Crippen molar-refractivity contribution in [1.82, 2.24) is 10.0 Å². The summed E-state index contributed by atoms with van der Waals surface area (Å²) in [6.45, 7) is 8.77. The van der Waals surface area contributed by atoms with Crippen molar-refractivity contribution in [1.29, 1.82) is 0 Å². The highest BCUT2D eigenvalue weighted by Gasteiger charge is 2.24. The molecular weight excluding hydrogens is 276 g/mol. The normalized spacial score (nSPS) is 16.1. The van der Waals surface area contributed by atoms with Gasteiger partial charge in [0.1, 0.15) is 0 Å². The number of carbonyl (C=O) groups is 1. The number of alkyl halides is 1. The van der Waals surface area contributed by atoms with Gasteiger partial charge in [-0.15, -0.1) is 11.6 Å². The number of amides is 1. The van der Waals surface area contributed by atoms with Crippen molar-refractivity contribution in [2.24, 2.45) is 5.92 Å². The molecule has 0 saturated heterocycles. The highest BCUT2D eigenvalue weighted by atomic mass is 35.5. The van der Waals surface area contributed by atoms with Crippen LogP contribution in [0.25, 0.3) is 0 Å². The molecule has 0 heterocycles. The van der Waals surface area contributed by atoms with E-state index in [0.717, 1.165) is 0 Å². The van der Waals surface area contributed by atoms with Gasteiger partial charge in [0, 0.05) is 11.4 Å². The van der Waals surface area contributed by atoms with Crippen LogP contribution in [-0.2, 0) is 14.8 Å². The molecule has 5 nitrogen and oxygen atoms in total. The second kappa shape index (κ2) is 6.73. The Bertz CT molecular complexity index is 376. The minimum absolute atomic E-state index is 0.0797. The molecule has 0 rings (SSSR count). The summed E-state index contributed by atoms with van der Waals surface area (Å²) in [5.41, 5.74) is -0.389. The molecule has 0 saturated carbocycles. The van der Waals surface area contributed by atoms with E-state index in [2.05, 4.69) is 10.0 Å². The average Bonchev–Trinajstić information content (AvgIpc) is 2.13. The quantitative estimate of drug-likeness (QED) is 0.721. The maximum Gasteiger partial charge on any atom is 0.238 e. The first-order valence-electron chi connectivity index (χ1n) is 5.85. The summed E-state index contributed by atoms with van der Waals surface area (Å²) in [5.74, 6) is -0.306. The fourth-order valence-corrected chi connectivity index (χ4v) is 3.12. The van der Waals surface area contributed by atoms with Crippen LogP contribution in [0.4, 0.5) is 0 Å². The predicted molar refractivity (Wildman–Crippen MR) is 74.2 cm³/mol. The van der Waals surface area contributed by atoms with Gasteiger partial charge in [0.25, 0.3) is 0 Å². The van der Waals surface area contributed by atoms with Crippen molar-refractivity contribution >= 4 is 27.5 Å². The highest BCUT2D eigenvalue weighted by molar-refractivity contribution is 7.89. The zero-order chi connectivity index (χ0) is 14.6. The molecule has 2 atom stereocenters. The van der Waals surface area contributed by atoms with Crippen LogP contribution in [0.3, 0.4) is 0 Å². The average molecular weight is 299 g/mol. The number of hydrogen-bond donors (Lipinski definition) is 2. The molecule has 0 radical (unpaired) electrons. The maximum atomic E-state index is 11.7. The van der Waals surface area contributed by atoms with Crippen LogP contribution in [0.15, 0.2) is 0 Å². The van der Waals surface area contributed by atoms with Gasteiger partial charge in [0.2, 0.25) is 15.9 Å². The van der Waals surface area contributed by atoms with Crippen LogP contribution in [0.1, 0.15) is 34.6 Å². The number of carbonyl (C=O) groups excluding carboxylic acids is 1. The minimum Gasteiger partial charge on any atom is -0.350 e. The van der Waals surface area contributed by atoms with Crippen molar-refractivity contribution < 1.29 is 13.2 Å². The first-order valence-corrected chi connectivity index (χ1v) is 8.03. The van der Waals surface area contributed by atoms with E-state index in [1.54, 1.807) is 6.92 Å². The lowest BCUT2D eigenvalue weighted by Gasteiger charge is -2.23. The molecule has 0 aromatic carbocycles. The lowest BCUT2D eigenvalue weighted by Crippen LogP contribution is -2.51. The summed E-state index contributed by atoms with van der Waals surface area (Å²) in [4.78, 5) is 11.7. The van der Waals surface area contributed by atoms with Crippen LogP contribution in [0.2, 0.25) is 0 Å². The molecule has 1 amide bonds. The summed E-state index contributed by atoms with van der Waals surface area (Å²) in [6.07, 6.45) is 0. The highest BCUT2D eigenvalue weighted by Crippen LogP contribution is 2.04. The molecule has 2 N–H and O–H groups in total. The molecule has 108 valence electrons. The minimum atomic E-state index is -3.49. The van der Waals surface area contributed by atoms with E-state index in [4.69, 9.17) is 11.6 Å². The Labute approximate surface area is 115 Å². The van der Waals surface area contributed by atoms with Gasteiger partial charge < -0.3 is 5.32 Å². The van der Waals surface area contributed by atoms with Gasteiger partial charge in [-0.3, -0.25) is 4.79 Å². The van der Waals surface area contributed by atoms with E-state index in [1.165, 1.54) is 6.92 Å². The first-order chi connectivity index (χ1) is 7.97. The summed E-state index contributed by atoms with van der Waals surface area (Å²) in [6, 6.07) is -0.795. The Balaban J connectivity index is 4.47. The molecule has 0 bridgehead atoms. The number of hydrogen-bond acceptors (Lipinski definition) is 3. The van der Waals surface area contributed by atoms with E-state index in [-0.39, 0.29) is 29.0 Å². The topological polar surface area (TPSA) is 75.3 Å². The van der Waals surface area contributed by atoms with Crippen LogP contribution in [0.5, 0.6) is 0 Å². The Hall–Kier alpha value is -0.330. The van der Waals surface area contributed by atoms with Gasteiger partial charge in [-0.25, -0.2) is 13.1 Å². The smallest absolute Gasteiger partial charge is 0.238 e.